The molecule has 0 aliphatic heterocycles. The molecular formula is C24H20N2OS. The van der Waals surface area contributed by atoms with Crippen LogP contribution in [0.25, 0.3) is 21.6 Å². The topological polar surface area (TPSA) is 42.0 Å². The van der Waals surface area contributed by atoms with Crippen LogP contribution in [0.15, 0.2) is 79.0 Å². The van der Waals surface area contributed by atoms with Crippen LogP contribution < -0.4 is 5.32 Å². The van der Waals surface area contributed by atoms with Crippen LogP contribution in [0.3, 0.4) is 0 Å². The van der Waals surface area contributed by atoms with Gasteiger partial charge in [0.2, 0.25) is 0 Å². The molecule has 1 heterocycles. The highest BCUT2D eigenvalue weighted by atomic mass is 32.1. The lowest BCUT2D eigenvalue weighted by Crippen LogP contribution is -2.11. The normalized spacial score (nSPS) is 10.6. The van der Waals surface area contributed by atoms with Crippen molar-refractivity contribution in [1.29, 1.82) is 0 Å². The Hall–Kier alpha value is -3.24. The summed E-state index contributed by atoms with van der Waals surface area (Å²) in [7, 11) is 0. The number of benzene rings is 3. The van der Waals surface area contributed by atoms with Crippen LogP contribution in [0, 0.1) is 13.8 Å². The molecular weight excluding hydrogens is 364 g/mol. The number of carbonyl (C=O) groups is 1. The van der Waals surface area contributed by atoms with Crippen molar-refractivity contribution in [2.75, 3.05) is 5.32 Å². The summed E-state index contributed by atoms with van der Waals surface area (Å²) < 4.78 is 0. The van der Waals surface area contributed by atoms with Crippen molar-refractivity contribution in [3.63, 3.8) is 0 Å². The molecule has 0 fully saturated rings. The van der Waals surface area contributed by atoms with Gasteiger partial charge in [-0.3, -0.25) is 10.1 Å². The van der Waals surface area contributed by atoms with E-state index in [0.717, 1.165) is 21.6 Å². The molecule has 0 aliphatic rings. The van der Waals surface area contributed by atoms with E-state index in [4.69, 9.17) is 0 Å². The summed E-state index contributed by atoms with van der Waals surface area (Å²) in [5.41, 5.74) is 6.42. The predicted molar refractivity (Wildman–Crippen MR) is 117 cm³/mol. The summed E-state index contributed by atoms with van der Waals surface area (Å²) >= 11 is 1.49. The Morgan fingerprint density at radius 3 is 2.32 bits per heavy atom. The van der Waals surface area contributed by atoms with Crippen LogP contribution >= 0.6 is 11.3 Å². The number of aromatic nitrogens is 1. The molecule has 3 nitrogen and oxygen atoms in total. The first-order chi connectivity index (χ1) is 13.6. The van der Waals surface area contributed by atoms with Crippen LogP contribution in [-0.4, -0.2) is 10.9 Å². The molecule has 1 amide bonds. The zero-order valence-electron chi connectivity index (χ0n) is 15.8. The lowest BCUT2D eigenvalue weighted by atomic mass is 10.0. The first kappa shape index (κ1) is 18.1. The number of carbonyl (C=O) groups excluding carboxylic acids is 1. The quantitative estimate of drug-likeness (QED) is 0.446. The molecule has 4 rings (SSSR count). The van der Waals surface area contributed by atoms with Crippen molar-refractivity contribution in [3.8, 4) is 21.6 Å². The maximum absolute atomic E-state index is 12.6. The molecule has 0 atom stereocenters. The van der Waals surface area contributed by atoms with E-state index in [1.807, 2.05) is 48.7 Å². The number of amides is 1. The summed E-state index contributed by atoms with van der Waals surface area (Å²) in [6.07, 6.45) is 1.82. The van der Waals surface area contributed by atoms with E-state index in [-0.39, 0.29) is 5.91 Å². The Labute approximate surface area is 168 Å². The Morgan fingerprint density at radius 2 is 1.61 bits per heavy atom. The summed E-state index contributed by atoms with van der Waals surface area (Å²) in [4.78, 5) is 18.0. The molecule has 4 heteroatoms. The molecule has 0 saturated heterocycles. The molecule has 0 bridgehead atoms. The SMILES string of the molecule is Cc1ccc(-c2cnc(NC(=O)c3ccc(-c4ccccc4)cc3)s2)c(C)c1. The average molecular weight is 385 g/mol. The third kappa shape index (κ3) is 3.87. The average Bonchev–Trinajstić information content (AvgIpc) is 3.17. The first-order valence-electron chi connectivity index (χ1n) is 9.10. The Morgan fingerprint density at radius 1 is 0.893 bits per heavy atom. The van der Waals surface area contributed by atoms with Crippen LogP contribution in [-0.2, 0) is 0 Å². The summed E-state index contributed by atoms with van der Waals surface area (Å²) in [5, 5.41) is 3.51. The third-order valence-corrected chi connectivity index (χ3v) is 5.57. The fourth-order valence-electron chi connectivity index (χ4n) is 3.16. The van der Waals surface area contributed by atoms with Gasteiger partial charge in [-0.25, -0.2) is 4.98 Å². The van der Waals surface area contributed by atoms with Gasteiger partial charge in [0.1, 0.15) is 0 Å². The van der Waals surface area contributed by atoms with Gasteiger partial charge in [-0.2, -0.15) is 0 Å². The maximum atomic E-state index is 12.6. The standard InChI is InChI=1S/C24H20N2OS/c1-16-8-13-21(17(2)14-16)22-15-25-24(28-22)26-23(27)20-11-9-19(10-12-20)18-6-4-3-5-7-18/h3-15H,1-2H3,(H,25,26,27). The van der Waals surface area contributed by atoms with Crippen molar-refractivity contribution in [2.24, 2.45) is 0 Å². The van der Waals surface area contributed by atoms with Gasteiger partial charge < -0.3 is 0 Å². The molecule has 1 N–H and O–H groups in total. The minimum Gasteiger partial charge on any atom is -0.298 e. The van der Waals surface area contributed by atoms with Gasteiger partial charge in [-0.05, 0) is 48.2 Å². The fraction of sp³-hybridized carbons (Fsp3) is 0.0833. The molecule has 1 aromatic heterocycles. The van der Waals surface area contributed by atoms with Crippen molar-refractivity contribution < 1.29 is 4.79 Å². The fourth-order valence-corrected chi connectivity index (χ4v) is 4.06. The van der Waals surface area contributed by atoms with Gasteiger partial charge in [0, 0.05) is 11.8 Å². The number of hydrogen-bond donors (Lipinski definition) is 1. The second-order valence-electron chi connectivity index (χ2n) is 6.75. The first-order valence-corrected chi connectivity index (χ1v) is 9.92. The van der Waals surface area contributed by atoms with Crippen LogP contribution in [0.5, 0.6) is 0 Å². The number of thiazole rings is 1. The minimum atomic E-state index is -0.152. The van der Waals surface area contributed by atoms with E-state index in [2.05, 4.69) is 54.5 Å². The highest BCUT2D eigenvalue weighted by Gasteiger charge is 2.11. The zero-order valence-corrected chi connectivity index (χ0v) is 16.6. The minimum absolute atomic E-state index is 0.152. The number of anilines is 1. The number of aryl methyl sites for hydroxylation is 2. The molecule has 0 radical (unpaired) electrons. The summed E-state index contributed by atoms with van der Waals surface area (Å²) in [6.45, 7) is 4.17. The number of nitrogens with zero attached hydrogens (tertiary/aromatic N) is 1. The van der Waals surface area contributed by atoms with E-state index in [9.17, 15) is 4.79 Å². The molecule has 0 spiro atoms. The number of nitrogens with one attached hydrogen (secondary N) is 1. The number of hydrogen-bond acceptors (Lipinski definition) is 3. The van der Waals surface area contributed by atoms with E-state index in [0.29, 0.717) is 10.7 Å². The smallest absolute Gasteiger partial charge is 0.257 e. The zero-order chi connectivity index (χ0) is 19.5. The van der Waals surface area contributed by atoms with Crippen molar-refractivity contribution >= 4 is 22.4 Å². The van der Waals surface area contributed by atoms with E-state index < -0.39 is 0 Å². The van der Waals surface area contributed by atoms with Crippen molar-refractivity contribution in [3.05, 3.63) is 95.7 Å². The largest absolute Gasteiger partial charge is 0.298 e. The second-order valence-corrected chi connectivity index (χ2v) is 7.78. The molecule has 28 heavy (non-hydrogen) atoms. The number of rotatable bonds is 4. The van der Waals surface area contributed by atoms with E-state index >= 15 is 0 Å². The highest BCUT2D eigenvalue weighted by Crippen LogP contribution is 2.32. The van der Waals surface area contributed by atoms with E-state index in [1.54, 1.807) is 0 Å². The Bertz CT molecular complexity index is 1120. The van der Waals surface area contributed by atoms with Gasteiger partial charge in [0.05, 0.1) is 4.88 Å². The summed E-state index contributed by atoms with van der Waals surface area (Å²) in [5.74, 6) is -0.152. The Kier molecular flexibility index (Phi) is 5.04. The molecule has 0 aliphatic carbocycles. The van der Waals surface area contributed by atoms with Crippen LogP contribution in [0.1, 0.15) is 21.5 Å². The lowest BCUT2D eigenvalue weighted by molar-refractivity contribution is 0.102. The molecule has 3 aromatic carbocycles. The van der Waals surface area contributed by atoms with Crippen LogP contribution in [0.2, 0.25) is 0 Å². The van der Waals surface area contributed by atoms with Crippen molar-refractivity contribution in [2.45, 2.75) is 13.8 Å². The van der Waals surface area contributed by atoms with Gasteiger partial charge in [0.25, 0.3) is 5.91 Å². The molecule has 0 unspecified atom stereocenters. The highest BCUT2D eigenvalue weighted by molar-refractivity contribution is 7.19. The van der Waals surface area contributed by atoms with E-state index in [1.165, 1.54) is 22.5 Å². The van der Waals surface area contributed by atoms with Crippen LogP contribution in [0.4, 0.5) is 5.13 Å². The Balaban J connectivity index is 1.49. The maximum Gasteiger partial charge on any atom is 0.257 e. The third-order valence-electron chi connectivity index (χ3n) is 4.63. The van der Waals surface area contributed by atoms with Crippen molar-refractivity contribution in [1.82, 2.24) is 4.98 Å². The monoisotopic (exact) mass is 384 g/mol. The van der Waals surface area contributed by atoms with Gasteiger partial charge >= 0.3 is 0 Å². The van der Waals surface area contributed by atoms with Gasteiger partial charge in [-0.15, -0.1) is 0 Å². The van der Waals surface area contributed by atoms with Gasteiger partial charge in [-0.1, -0.05) is 77.6 Å². The lowest BCUT2D eigenvalue weighted by Gasteiger charge is -2.05. The molecule has 138 valence electrons. The summed E-state index contributed by atoms with van der Waals surface area (Å²) in [6, 6.07) is 24.1. The molecule has 4 aromatic rings. The van der Waals surface area contributed by atoms with Gasteiger partial charge in [0.15, 0.2) is 5.13 Å². The second kappa shape index (κ2) is 7.79. The molecule has 0 saturated carbocycles. The predicted octanol–water partition coefficient (Wildman–Crippen LogP) is 6.35.